The van der Waals surface area contributed by atoms with Gasteiger partial charge in [-0.15, -0.1) is 0 Å². The molecule has 0 aliphatic heterocycles. The first-order valence-corrected chi connectivity index (χ1v) is 4.89. The standard InChI is InChI=1S/C10H10ClNO4/c1-2-16-10(15)12-8-4-3-6(11)5-7(8)9(13)14/h3-5H,2H2,1H3,(H,12,15)(H,13,14). The third kappa shape index (κ3) is 3.13. The van der Waals surface area contributed by atoms with E-state index in [1.165, 1.54) is 18.2 Å². The van der Waals surface area contributed by atoms with Gasteiger partial charge in [-0.05, 0) is 25.1 Å². The zero-order valence-electron chi connectivity index (χ0n) is 8.49. The molecular weight excluding hydrogens is 234 g/mol. The van der Waals surface area contributed by atoms with Gasteiger partial charge in [-0.1, -0.05) is 11.6 Å². The molecule has 0 unspecified atom stereocenters. The molecule has 0 spiro atoms. The maximum atomic E-state index is 11.1. The molecule has 1 amide bonds. The van der Waals surface area contributed by atoms with Gasteiger partial charge in [-0.2, -0.15) is 0 Å². The van der Waals surface area contributed by atoms with Crippen LogP contribution in [0.2, 0.25) is 5.02 Å². The molecule has 0 radical (unpaired) electrons. The van der Waals surface area contributed by atoms with Gasteiger partial charge in [0.25, 0.3) is 0 Å². The summed E-state index contributed by atoms with van der Waals surface area (Å²) in [5.74, 6) is -1.17. The van der Waals surface area contributed by atoms with Crippen molar-refractivity contribution in [3.63, 3.8) is 0 Å². The van der Waals surface area contributed by atoms with Crippen molar-refractivity contribution in [3.05, 3.63) is 28.8 Å². The number of benzene rings is 1. The molecule has 2 N–H and O–H groups in total. The predicted molar refractivity (Wildman–Crippen MR) is 59.1 cm³/mol. The number of halogens is 1. The fourth-order valence-corrected chi connectivity index (χ4v) is 1.25. The highest BCUT2D eigenvalue weighted by molar-refractivity contribution is 6.31. The number of aromatic carboxylic acids is 1. The van der Waals surface area contributed by atoms with Crippen LogP contribution in [0.3, 0.4) is 0 Å². The first kappa shape index (κ1) is 12.3. The monoisotopic (exact) mass is 243 g/mol. The summed E-state index contributed by atoms with van der Waals surface area (Å²) in [6, 6.07) is 4.14. The van der Waals surface area contributed by atoms with Crippen LogP contribution in [0.4, 0.5) is 10.5 Å². The summed E-state index contributed by atoms with van der Waals surface area (Å²) in [6.45, 7) is 1.86. The fourth-order valence-electron chi connectivity index (χ4n) is 1.08. The lowest BCUT2D eigenvalue weighted by Crippen LogP contribution is -2.15. The summed E-state index contributed by atoms with van der Waals surface area (Å²) in [4.78, 5) is 22.0. The normalized spacial score (nSPS) is 9.62. The highest BCUT2D eigenvalue weighted by Crippen LogP contribution is 2.20. The van der Waals surface area contributed by atoms with Crippen LogP contribution in [-0.2, 0) is 4.74 Å². The first-order valence-electron chi connectivity index (χ1n) is 4.51. The zero-order valence-corrected chi connectivity index (χ0v) is 9.25. The second-order valence-corrected chi connectivity index (χ2v) is 3.28. The molecule has 6 heteroatoms. The Kier molecular flexibility index (Phi) is 4.13. The lowest BCUT2D eigenvalue weighted by molar-refractivity contribution is 0.0698. The maximum absolute atomic E-state index is 11.1. The van der Waals surface area contributed by atoms with Crippen molar-refractivity contribution in [2.45, 2.75) is 6.92 Å². The van der Waals surface area contributed by atoms with E-state index < -0.39 is 12.1 Å². The highest BCUT2D eigenvalue weighted by atomic mass is 35.5. The van der Waals surface area contributed by atoms with Crippen molar-refractivity contribution in [3.8, 4) is 0 Å². The van der Waals surface area contributed by atoms with Crippen molar-refractivity contribution in [2.24, 2.45) is 0 Å². The lowest BCUT2D eigenvalue weighted by Gasteiger charge is -2.08. The molecule has 5 nitrogen and oxygen atoms in total. The molecule has 0 heterocycles. The quantitative estimate of drug-likeness (QED) is 0.856. The van der Waals surface area contributed by atoms with E-state index in [1.807, 2.05) is 0 Å². The maximum Gasteiger partial charge on any atom is 0.411 e. The molecule has 0 atom stereocenters. The molecular formula is C10H10ClNO4. The van der Waals surface area contributed by atoms with Gasteiger partial charge in [-0.3, -0.25) is 5.32 Å². The van der Waals surface area contributed by atoms with Gasteiger partial charge in [0.1, 0.15) is 0 Å². The third-order valence-electron chi connectivity index (χ3n) is 1.72. The van der Waals surface area contributed by atoms with Crippen LogP contribution < -0.4 is 5.32 Å². The van der Waals surface area contributed by atoms with E-state index in [0.29, 0.717) is 0 Å². The van der Waals surface area contributed by atoms with Gasteiger partial charge in [0.2, 0.25) is 0 Å². The lowest BCUT2D eigenvalue weighted by atomic mass is 10.2. The molecule has 0 aliphatic rings. The predicted octanol–water partition coefficient (Wildman–Crippen LogP) is 2.61. The molecule has 0 bridgehead atoms. The van der Waals surface area contributed by atoms with Gasteiger partial charge in [0.05, 0.1) is 17.9 Å². The van der Waals surface area contributed by atoms with Crippen molar-refractivity contribution in [2.75, 3.05) is 11.9 Å². The minimum absolute atomic E-state index is 0.0828. The zero-order chi connectivity index (χ0) is 12.1. The second kappa shape index (κ2) is 5.37. The topological polar surface area (TPSA) is 75.6 Å². The number of nitrogens with one attached hydrogen (secondary N) is 1. The Morgan fingerprint density at radius 2 is 2.19 bits per heavy atom. The molecule has 0 aromatic heterocycles. The number of carboxylic acids is 1. The highest BCUT2D eigenvalue weighted by Gasteiger charge is 2.13. The Morgan fingerprint density at radius 1 is 1.50 bits per heavy atom. The summed E-state index contributed by atoms with van der Waals surface area (Å²) in [5, 5.41) is 11.5. The second-order valence-electron chi connectivity index (χ2n) is 2.84. The van der Waals surface area contributed by atoms with E-state index in [-0.39, 0.29) is 22.9 Å². The van der Waals surface area contributed by atoms with Crippen LogP contribution in [0.1, 0.15) is 17.3 Å². The van der Waals surface area contributed by atoms with Crippen molar-refractivity contribution < 1.29 is 19.4 Å². The number of amides is 1. The van der Waals surface area contributed by atoms with Crippen molar-refractivity contribution >= 4 is 29.4 Å². The Labute approximate surface area is 97.0 Å². The Bertz CT molecular complexity index is 419. The first-order chi connectivity index (χ1) is 7.54. The van der Waals surface area contributed by atoms with E-state index in [1.54, 1.807) is 6.92 Å². The molecule has 1 rings (SSSR count). The van der Waals surface area contributed by atoms with Gasteiger partial charge >= 0.3 is 12.1 Å². The molecule has 0 aliphatic carbocycles. The number of rotatable bonds is 3. The van der Waals surface area contributed by atoms with Crippen molar-refractivity contribution in [1.29, 1.82) is 0 Å². The van der Waals surface area contributed by atoms with Crippen molar-refractivity contribution in [1.82, 2.24) is 0 Å². The molecule has 1 aromatic rings. The smallest absolute Gasteiger partial charge is 0.411 e. The number of carbonyl (C=O) groups excluding carboxylic acids is 1. The van der Waals surface area contributed by atoms with E-state index >= 15 is 0 Å². The molecule has 1 aromatic carbocycles. The minimum Gasteiger partial charge on any atom is -0.478 e. The number of carbonyl (C=O) groups is 2. The summed E-state index contributed by atoms with van der Waals surface area (Å²) in [6.07, 6.45) is -0.702. The van der Waals surface area contributed by atoms with E-state index in [2.05, 4.69) is 10.1 Å². The summed E-state index contributed by atoms with van der Waals surface area (Å²) in [5.41, 5.74) is 0.0657. The van der Waals surface area contributed by atoms with E-state index in [4.69, 9.17) is 16.7 Å². The van der Waals surface area contributed by atoms with Crippen LogP contribution in [0.25, 0.3) is 0 Å². The van der Waals surface area contributed by atoms with Crippen LogP contribution in [0.15, 0.2) is 18.2 Å². The fraction of sp³-hybridized carbons (Fsp3) is 0.200. The molecule has 0 saturated carbocycles. The average Bonchev–Trinajstić information content (AvgIpc) is 2.20. The number of anilines is 1. The van der Waals surface area contributed by atoms with Crippen LogP contribution in [0, 0.1) is 0 Å². The summed E-state index contributed by atoms with van der Waals surface area (Å²) >= 11 is 5.65. The van der Waals surface area contributed by atoms with Gasteiger partial charge in [0.15, 0.2) is 0 Å². The third-order valence-corrected chi connectivity index (χ3v) is 1.96. The number of hydrogen-bond donors (Lipinski definition) is 2. The number of hydrogen-bond acceptors (Lipinski definition) is 3. The van der Waals surface area contributed by atoms with Crippen LogP contribution in [0.5, 0.6) is 0 Å². The van der Waals surface area contributed by atoms with Crippen LogP contribution in [-0.4, -0.2) is 23.8 Å². The van der Waals surface area contributed by atoms with E-state index in [9.17, 15) is 9.59 Å². The number of ether oxygens (including phenoxy) is 1. The van der Waals surface area contributed by atoms with Gasteiger partial charge < -0.3 is 9.84 Å². The Balaban J connectivity index is 2.95. The van der Waals surface area contributed by atoms with Gasteiger partial charge in [-0.25, -0.2) is 9.59 Å². The average molecular weight is 244 g/mol. The molecule has 86 valence electrons. The van der Waals surface area contributed by atoms with Gasteiger partial charge in [0, 0.05) is 5.02 Å². The molecule has 0 saturated heterocycles. The summed E-state index contributed by atoms with van der Waals surface area (Å²) in [7, 11) is 0. The molecule has 16 heavy (non-hydrogen) atoms. The van der Waals surface area contributed by atoms with E-state index in [0.717, 1.165) is 0 Å². The SMILES string of the molecule is CCOC(=O)Nc1ccc(Cl)cc1C(=O)O. The Hall–Kier alpha value is -1.75. The number of carboxylic acid groups (broad SMARTS) is 1. The minimum atomic E-state index is -1.17. The molecule has 0 fully saturated rings. The van der Waals surface area contributed by atoms with Crippen LogP contribution >= 0.6 is 11.6 Å². The summed E-state index contributed by atoms with van der Waals surface area (Å²) < 4.78 is 4.63. The largest absolute Gasteiger partial charge is 0.478 e. The Morgan fingerprint density at radius 3 is 2.75 bits per heavy atom.